The van der Waals surface area contributed by atoms with Crippen LogP contribution in [-0.4, -0.2) is 50.6 Å². The average Bonchev–Trinajstić information content (AvgIpc) is 3.40. The van der Waals surface area contributed by atoms with Crippen molar-refractivity contribution in [2.75, 3.05) is 31.1 Å². The first-order valence-electron chi connectivity index (χ1n) is 9.55. The van der Waals surface area contributed by atoms with Gasteiger partial charge < -0.3 is 10.2 Å². The van der Waals surface area contributed by atoms with Crippen molar-refractivity contribution in [1.29, 1.82) is 5.26 Å². The molecule has 0 radical (unpaired) electrons. The normalized spacial score (nSPS) is 14.3. The molecule has 4 aromatic rings. The predicted octanol–water partition coefficient (Wildman–Crippen LogP) is 2.08. The molecule has 0 aromatic carbocycles. The smallest absolute Gasteiger partial charge is 0.103 e. The van der Waals surface area contributed by atoms with Crippen molar-refractivity contribution < 1.29 is 0 Å². The molecular weight excluding hydrogens is 364 g/mol. The number of hydrogen-bond acceptors (Lipinski definition) is 6. The summed E-state index contributed by atoms with van der Waals surface area (Å²) in [4.78, 5) is 7.06. The van der Waals surface area contributed by atoms with Crippen LogP contribution in [0.25, 0.3) is 27.9 Å². The molecule has 0 bridgehead atoms. The second-order valence-electron chi connectivity index (χ2n) is 7.15. The maximum Gasteiger partial charge on any atom is 0.103 e. The number of aromatic nitrogens is 5. The van der Waals surface area contributed by atoms with Crippen LogP contribution in [0.3, 0.4) is 0 Å². The molecule has 0 spiro atoms. The van der Waals surface area contributed by atoms with Gasteiger partial charge in [0.25, 0.3) is 0 Å². The number of nitrogens with one attached hydrogen (secondary N) is 1. The molecule has 8 nitrogen and oxygen atoms in total. The number of piperazine rings is 1. The van der Waals surface area contributed by atoms with Crippen molar-refractivity contribution in [3.05, 3.63) is 54.7 Å². The van der Waals surface area contributed by atoms with E-state index in [-0.39, 0.29) is 0 Å². The Bertz CT molecular complexity index is 1210. The molecule has 1 N–H and O–H groups in total. The van der Waals surface area contributed by atoms with Crippen LogP contribution in [0, 0.1) is 11.3 Å². The third-order valence-corrected chi connectivity index (χ3v) is 5.28. The molecule has 0 amide bonds. The highest BCUT2D eigenvalue weighted by molar-refractivity contribution is 5.86. The second kappa shape index (κ2) is 7.04. The molecule has 0 atom stereocenters. The van der Waals surface area contributed by atoms with Crippen molar-refractivity contribution in [1.82, 2.24) is 29.7 Å². The maximum atomic E-state index is 9.55. The van der Waals surface area contributed by atoms with Crippen molar-refractivity contribution in [2.45, 2.75) is 0 Å². The summed E-state index contributed by atoms with van der Waals surface area (Å²) < 4.78 is 3.52. The summed E-state index contributed by atoms with van der Waals surface area (Å²) in [5, 5.41) is 21.6. The Morgan fingerprint density at radius 2 is 1.90 bits per heavy atom. The highest BCUT2D eigenvalue weighted by atomic mass is 15.2. The lowest BCUT2D eigenvalue weighted by Crippen LogP contribution is -2.43. The summed E-state index contributed by atoms with van der Waals surface area (Å²) in [6.45, 7) is 3.92. The van der Waals surface area contributed by atoms with Crippen LogP contribution in [0.2, 0.25) is 0 Å². The van der Waals surface area contributed by atoms with E-state index in [2.05, 4.69) is 38.6 Å². The largest absolute Gasteiger partial charge is 0.368 e. The lowest BCUT2D eigenvalue weighted by atomic mass is 10.0. The van der Waals surface area contributed by atoms with E-state index in [1.807, 2.05) is 37.9 Å². The van der Waals surface area contributed by atoms with Crippen molar-refractivity contribution in [2.24, 2.45) is 7.05 Å². The fraction of sp³-hybridized carbons (Fsp3) is 0.238. The fourth-order valence-electron chi connectivity index (χ4n) is 3.78. The van der Waals surface area contributed by atoms with Crippen LogP contribution in [-0.2, 0) is 7.05 Å². The van der Waals surface area contributed by atoms with Crippen LogP contribution in [0.1, 0.15) is 5.56 Å². The molecule has 1 saturated heterocycles. The first-order chi connectivity index (χ1) is 14.2. The molecule has 5 heterocycles. The second-order valence-corrected chi connectivity index (χ2v) is 7.15. The number of rotatable bonds is 3. The first kappa shape index (κ1) is 17.4. The molecule has 144 valence electrons. The molecule has 0 aliphatic carbocycles. The number of aryl methyl sites for hydroxylation is 1. The Kier molecular flexibility index (Phi) is 4.22. The zero-order chi connectivity index (χ0) is 19.8. The van der Waals surface area contributed by atoms with E-state index in [0.29, 0.717) is 5.56 Å². The van der Waals surface area contributed by atoms with Gasteiger partial charge in [0, 0.05) is 62.3 Å². The number of pyridine rings is 2. The Balaban J connectivity index is 1.62. The van der Waals surface area contributed by atoms with E-state index in [1.165, 1.54) is 0 Å². The van der Waals surface area contributed by atoms with Gasteiger partial charge in [0.1, 0.15) is 6.07 Å². The van der Waals surface area contributed by atoms with Gasteiger partial charge in [0.2, 0.25) is 0 Å². The number of nitrogens with zero attached hydrogens (tertiary/aromatic N) is 7. The van der Waals surface area contributed by atoms with E-state index in [1.54, 1.807) is 15.4 Å². The molecule has 0 unspecified atom stereocenters. The Morgan fingerprint density at radius 1 is 1.03 bits per heavy atom. The lowest BCUT2D eigenvalue weighted by molar-refractivity contribution is 0.589. The minimum absolute atomic E-state index is 0.533. The maximum absolute atomic E-state index is 9.55. The van der Waals surface area contributed by atoms with Gasteiger partial charge >= 0.3 is 0 Å². The van der Waals surface area contributed by atoms with Gasteiger partial charge in [0.15, 0.2) is 0 Å². The zero-order valence-corrected chi connectivity index (χ0v) is 16.1. The summed E-state index contributed by atoms with van der Waals surface area (Å²) in [5.41, 5.74) is 6.07. The predicted molar refractivity (Wildman–Crippen MR) is 110 cm³/mol. The molecule has 29 heavy (non-hydrogen) atoms. The number of hydrogen-bond donors (Lipinski definition) is 1. The Hall–Kier alpha value is -3.70. The van der Waals surface area contributed by atoms with Crippen LogP contribution in [0.5, 0.6) is 0 Å². The number of anilines is 1. The first-order valence-corrected chi connectivity index (χ1v) is 9.55. The van der Waals surface area contributed by atoms with E-state index < -0.39 is 0 Å². The van der Waals surface area contributed by atoms with E-state index in [9.17, 15) is 5.26 Å². The van der Waals surface area contributed by atoms with Crippen LogP contribution >= 0.6 is 0 Å². The third-order valence-electron chi connectivity index (χ3n) is 5.28. The van der Waals surface area contributed by atoms with Crippen LogP contribution in [0.4, 0.5) is 5.69 Å². The third kappa shape index (κ3) is 3.11. The van der Waals surface area contributed by atoms with Crippen molar-refractivity contribution in [3.8, 4) is 28.5 Å². The molecule has 5 rings (SSSR count). The van der Waals surface area contributed by atoms with E-state index in [4.69, 9.17) is 4.98 Å². The molecule has 1 aliphatic heterocycles. The highest BCUT2D eigenvalue weighted by Crippen LogP contribution is 2.31. The summed E-state index contributed by atoms with van der Waals surface area (Å²) >= 11 is 0. The molecule has 0 saturated carbocycles. The van der Waals surface area contributed by atoms with Crippen LogP contribution < -0.4 is 10.2 Å². The van der Waals surface area contributed by atoms with Crippen molar-refractivity contribution in [3.63, 3.8) is 0 Å². The SMILES string of the molecule is Cn1cc(-c2cc(-c3ccc(N4CCNCC4)cn3)c3c(C#N)cnn3c2)cn1. The van der Waals surface area contributed by atoms with Gasteiger partial charge in [-0.2, -0.15) is 15.5 Å². The Morgan fingerprint density at radius 3 is 2.59 bits per heavy atom. The van der Waals surface area contributed by atoms with E-state index in [0.717, 1.165) is 59.8 Å². The molecule has 8 heteroatoms. The van der Waals surface area contributed by atoms with Gasteiger partial charge in [-0.3, -0.25) is 9.67 Å². The molecule has 1 aliphatic rings. The number of nitriles is 1. The molecule has 4 aromatic heterocycles. The zero-order valence-electron chi connectivity index (χ0n) is 16.1. The highest BCUT2D eigenvalue weighted by Gasteiger charge is 2.16. The molecule has 1 fully saturated rings. The lowest BCUT2D eigenvalue weighted by Gasteiger charge is -2.29. The molecular formula is C21H20N8. The van der Waals surface area contributed by atoms with Crippen molar-refractivity contribution >= 4 is 11.2 Å². The minimum Gasteiger partial charge on any atom is -0.368 e. The number of fused-ring (bicyclic) bond motifs is 1. The van der Waals surface area contributed by atoms with E-state index >= 15 is 0 Å². The fourth-order valence-corrected chi connectivity index (χ4v) is 3.78. The topological polar surface area (TPSA) is 87.1 Å². The summed E-state index contributed by atoms with van der Waals surface area (Å²) in [6.07, 6.45) is 9.21. The van der Waals surface area contributed by atoms with Gasteiger partial charge in [0.05, 0.1) is 41.1 Å². The van der Waals surface area contributed by atoms with Gasteiger partial charge in [-0.05, 0) is 18.2 Å². The minimum atomic E-state index is 0.533. The van der Waals surface area contributed by atoms with Gasteiger partial charge in [-0.25, -0.2) is 4.52 Å². The van der Waals surface area contributed by atoms with Gasteiger partial charge in [-0.15, -0.1) is 0 Å². The summed E-state index contributed by atoms with van der Waals surface area (Å²) in [7, 11) is 1.89. The average molecular weight is 384 g/mol. The summed E-state index contributed by atoms with van der Waals surface area (Å²) in [6, 6.07) is 8.42. The standard InChI is InChI=1S/C21H20N8/c1-27-13-17(11-25-27)15-8-19(21-16(9-22)10-26-29(21)14-15)20-3-2-18(12-24-20)28-6-4-23-5-7-28/h2-3,8,10-14,23H,4-7H2,1H3. The quantitative estimate of drug-likeness (QED) is 0.582. The monoisotopic (exact) mass is 384 g/mol. The Labute approximate surface area is 168 Å². The van der Waals surface area contributed by atoms with Gasteiger partial charge in [-0.1, -0.05) is 0 Å². The van der Waals surface area contributed by atoms with Crippen LogP contribution in [0.15, 0.2) is 49.2 Å². The summed E-state index contributed by atoms with van der Waals surface area (Å²) in [5.74, 6) is 0.